The maximum absolute atomic E-state index is 9.39. The first kappa shape index (κ1) is 12.7. The highest BCUT2D eigenvalue weighted by Crippen LogP contribution is 2.11. The third-order valence-corrected chi connectivity index (χ3v) is 2.09. The number of aliphatic hydroxyl groups excluding tert-OH is 1. The maximum atomic E-state index is 9.39. The first-order valence-corrected chi connectivity index (χ1v) is 5.63. The second-order valence-corrected chi connectivity index (χ2v) is 3.53. The van der Waals surface area contributed by atoms with Crippen molar-refractivity contribution in [3.05, 3.63) is 12.4 Å². The topological polar surface area (TPSA) is 67.3 Å². The molecule has 0 aliphatic carbocycles. The Bertz CT molecular complexity index is 307. The van der Waals surface area contributed by atoms with Crippen LogP contribution in [-0.2, 0) is 0 Å². The predicted octanol–water partition coefficient (Wildman–Crippen LogP) is 1.45. The van der Waals surface area contributed by atoms with E-state index in [1.807, 2.05) is 13.8 Å². The molecule has 1 aromatic heterocycles. The quantitative estimate of drug-likeness (QED) is 0.735. The van der Waals surface area contributed by atoms with Crippen LogP contribution in [-0.4, -0.2) is 34.3 Å². The molecule has 0 aliphatic heterocycles. The van der Waals surface area contributed by atoms with Gasteiger partial charge in [-0.2, -0.15) is 0 Å². The van der Waals surface area contributed by atoms with Gasteiger partial charge in [0.15, 0.2) is 0 Å². The summed E-state index contributed by atoms with van der Waals surface area (Å²) < 4.78 is 5.38. The summed E-state index contributed by atoms with van der Waals surface area (Å²) in [6, 6.07) is 1.73. The third kappa shape index (κ3) is 4.44. The molecule has 0 aromatic carbocycles. The molecule has 5 heteroatoms. The van der Waals surface area contributed by atoms with Crippen LogP contribution in [0.2, 0.25) is 0 Å². The summed E-state index contributed by atoms with van der Waals surface area (Å²) in [6.07, 6.45) is 2.76. The van der Waals surface area contributed by atoms with Crippen molar-refractivity contribution < 1.29 is 9.84 Å². The van der Waals surface area contributed by atoms with Gasteiger partial charge in [-0.15, -0.1) is 0 Å². The number of anilines is 1. The molecular formula is C11H19N3O2. The summed E-state index contributed by atoms with van der Waals surface area (Å²) in [5.74, 6) is 1.24. The number of aromatic nitrogens is 2. The standard InChI is InChI=1S/C11H19N3O2/c1-3-5-16-11-6-10(13-8-14-11)12-7-9(15)4-2/h6,8-9,15H,3-5,7H2,1-2H3,(H,12,13,14). The zero-order chi connectivity index (χ0) is 11.8. The molecule has 0 amide bonds. The minimum atomic E-state index is -0.352. The molecule has 90 valence electrons. The SMILES string of the molecule is CCCOc1cc(NCC(O)CC)ncn1. The normalized spacial score (nSPS) is 12.2. The monoisotopic (exact) mass is 225 g/mol. The lowest BCUT2D eigenvalue weighted by atomic mass is 10.3. The molecule has 1 heterocycles. The van der Waals surface area contributed by atoms with E-state index in [0.29, 0.717) is 24.8 Å². The molecule has 1 aromatic rings. The Kier molecular flexibility index (Phi) is 5.56. The van der Waals surface area contributed by atoms with Crippen molar-refractivity contribution >= 4 is 5.82 Å². The molecule has 5 nitrogen and oxygen atoms in total. The zero-order valence-corrected chi connectivity index (χ0v) is 9.81. The highest BCUT2D eigenvalue weighted by atomic mass is 16.5. The van der Waals surface area contributed by atoms with E-state index in [2.05, 4.69) is 15.3 Å². The Labute approximate surface area is 95.9 Å². The van der Waals surface area contributed by atoms with E-state index in [1.54, 1.807) is 6.07 Å². The fraction of sp³-hybridized carbons (Fsp3) is 0.636. The lowest BCUT2D eigenvalue weighted by molar-refractivity contribution is 0.183. The van der Waals surface area contributed by atoms with Crippen molar-refractivity contribution in [2.45, 2.75) is 32.8 Å². The first-order valence-electron chi connectivity index (χ1n) is 5.63. The van der Waals surface area contributed by atoms with E-state index in [9.17, 15) is 5.11 Å². The van der Waals surface area contributed by atoms with Crippen molar-refractivity contribution in [3.8, 4) is 5.88 Å². The lowest BCUT2D eigenvalue weighted by Gasteiger charge is -2.10. The molecule has 0 radical (unpaired) electrons. The van der Waals surface area contributed by atoms with Gasteiger partial charge >= 0.3 is 0 Å². The van der Waals surface area contributed by atoms with E-state index in [0.717, 1.165) is 12.8 Å². The van der Waals surface area contributed by atoms with Gasteiger partial charge in [-0.1, -0.05) is 13.8 Å². The van der Waals surface area contributed by atoms with E-state index in [1.165, 1.54) is 6.33 Å². The molecule has 1 unspecified atom stereocenters. The molecule has 0 saturated heterocycles. The number of aliphatic hydroxyl groups is 1. The van der Waals surface area contributed by atoms with E-state index >= 15 is 0 Å². The highest BCUT2D eigenvalue weighted by Gasteiger charge is 2.02. The summed E-state index contributed by atoms with van der Waals surface area (Å²) in [6.45, 7) is 5.11. The van der Waals surface area contributed by atoms with Crippen LogP contribution in [0.4, 0.5) is 5.82 Å². The van der Waals surface area contributed by atoms with Crippen LogP contribution in [0.1, 0.15) is 26.7 Å². The van der Waals surface area contributed by atoms with Crippen molar-refractivity contribution in [1.82, 2.24) is 9.97 Å². The van der Waals surface area contributed by atoms with Gasteiger partial charge in [0.2, 0.25) is 5.88 Å². The molecule has 1 rings (SSSR count). The molecule has 0 fully saturated rings. The summed E-state index contributed by atoms with van der Waals surface area (Å²) in [5.41, 5.74) is 0. The van der Waals surface area contributed by atoms with E-state index in [-0.39, 0.29) is 6.10 Å². The fourth-order valence-electron chi connectivity index (χ4n) is 1.09. The van der Waals surface area contributed by atoms with E-state index < -0.39 is 0 Å². The van der Waals surface area contributed by atoms with Crippen molar-refractivity contribution in [2.75, 3.05) is 18.5 Å². The average Bonchev–Trinajstić information content (AvgIpc) is 2.34. The summed E-state index contributed by atoms with van der Waals surface area (Å²) in [5, 5.41) is 12.4. The molecule has 0 saturated carbocycles. The smallest absolute Gasteiger partial charge is 0.218 e. The van der Waals surface area contributed by atoms with Gasteiger partial charge in [0, 0.05) is 12.6 Å². The number of nitrogens with zero attached hydrogens (tertiary/aromatic N) is 2. The van der Waals surface area contributed by atoms with Gasteiger partial charge in [0.05, 0.1) is 12.7 Å². The number of nitrogens with one attached hydrogen (secondary N) is 1. The summed E-state index contributed by atoms with van der Waals surface area (Å²) in [7, 11) is 0. The van der Waals surface area contributed by atoms with E-state index in [4.69, 9.17) is 4.74 Å². The average molecular weight is 225 g/mol. The third-order valence-electron chi connectivity index (χ3n) is 2.09. The van der Waals surface area contributed by atoms with Gasteiger partial charge in [-0.3, -0.25) is 0 Å². The molecule has 2 N–H and O–H groups in total. The van der Waals surface area contributed by atoms with Gasteiger partial charge in [0.1, 0.15) is 12.1 Å². The molecule has 0 bridgehead atoms. The number of hydrogen-bond acceptors (Lipinski definition) is 5. The van der Waals surface area contributed by atoms with Crippen molar-refractivity contribution in [3.63, 3.8) is 0 Å². The minimum Gasteiger partial charge on any atom is -0.478 e. The van der Waals surface area contributed by atoms with Crippen LogP contribution in [0.25, 0.3) is 0 Å². The van der Waals surface area contributed by atoms with Crippen LogP contribution in [0.3, 0.4) is 0 Å². The Hall–Kier alpha value is -1.36. The Morgan fingerprint density at radius 1 is 1.44 bits per heavy atom. The van der Waals surface area contributed by atoms with Crippen LogP contribution in [0.5, 0.6) is 5.88 Å². The molecule has 1 atom stereocenters. The lowest BCUT2D eigenvalue weighted by Crippen LogP contribution is -2.18. The second-order valence-electron chi connectivity index (χ2n) is 3.53. The maximum Gasteiger partial charge on any atom is 0.218 e. The summed E-state index contributed by atoms with van der Waals surface area (Å²) in [4.78, 5) is 8.03. The number of hydrogen-bond donors (Lipinski definition) is 2. The number of ether oxygens (including phenoxy) is 1. The highest BCUT2D eigenvalue weighted by molar-refractivity contribution is 5.37. The van der Waals surface area contributed by atoms with Crippen LogP contribution in [0, 0.1) is 0 Å². The van der Waals surface area contributed by atoms with Gasteiger partial charge < -0.3 is 15.2 Å². The number of rotatable bonds is 7. The summed E-state index contributed by atoms with van der Waals surface area (Å²) >= 11 is 0. The molecule has 16 heavy (non-hydrogen) atoms. The molecule has 0 spiro atoms. The second kappa shape index (κ2) is 7.00. The Morgan fingerprint density at radius 2 is 2.25 bits per heavy atom. The van der Waals surface area contributed by atoms with Gasteiger partial charge in [-0.05, 0) is 12.8 Å². The first-order chi connectivity index (χ1) is 7.76. The largest absolute Gasteiger partial charge is 0.478 e. The minimum absolute atomic E-state index is 0.352. The van der Waals surface area contributed by atoms with Gasteiger partial charge in [-0.25, -0.2) is 9.97 Å². The Morgan fingerprint density at radius 3 is 2.94 bits per heavy atom. The van der Waals surface area contributed by atoms with Gasteiger partial charge in [0.25, 0.3) is 0 Å². The fourth-order valence-corrected chi connectivity index (χ4v) is 1.09. The zero-order valence-electron chi connectivity index (χ0n) is 9.81. The van der Waals surface area contributed by atoms with Crippen LogP contribution < -0.4 is 10.1 Å². The Balaban J connectivity index is 2.46. The molecule has 0 aliphatic rings. The van der Waals surface area contributed by atoms with Crippen molar-refractivity contribution in [1.29, 1.82) is 0 Å². The predicted molar refractivity (Wildman–Crippen MR) is 62.6 cm³/mol. The van der Waals surface area contributed by atoms with Crippen LogP contribution in [0.15, 0.2) is 12.4 Å². The van der Waals surface area contributed by atoms with Crippen LogP contribution >= 0.6 is 0 Å². The molecular weight excluding hydrogens is 206 g/mol. The van der Waals surface area contributed by atoms with Crippen molar-refractivity contribution in [2.24, 2.45) is 0 Å².